The van der Waals surface area contributed by atoms with Crippen LogP contribution in [0.25, 0.3) is 0 Å². The average molecular weight is 329 g/mol. The predicted molar refractivity (Wildman–Crippen MR) is 92.8 cm³/mol. The summed E-state index contributed by atoms with van der Waals surface area (Å²) in [6, 6.07) is 14.9. The standard InChI is InChI=1S/C19H23NO4/c1-14-5-4-6-18(13-14)24-15(2)19(21)20-11-12-23-17-9-7-16(22-3)8-10-17/h4-10,13,15H,11-12H2,1-3H3,(H,20,21). The molecule has 0 aliphatic rings. The maximum absolute atomic E-state index is 12.0. The Hall–Kier alpha value is -2.69. The van der Waals surface area contributed by atoms with Crippen molar-refractivity contribution in [3.8, 4) is 17.2 Å². The number of carbonyl (C=O) groups is 1. The summed E-state index contributed by atoms with van der Waals surface area (Å²) >= 11 is 0. The maximum atomic E-state index is 12.0. The molecule has 1 amide bonds. The number of aryl methyl sites for hydroxylation is 1. The van der Waals surface area contributed by atoms with Crippen LogP contribution in [0, 0.1) is 6.92 Å². The molecule has 0 fully saturated rings. The van der Waals surface area contributed by atoms with Gasteiger partial charge >= 0.3 is 0 Å². The molecular weight excluding hydrogens is 306 g/mol. The number of ether oxygens (including phenoxy) is 3. The zero-order chi connectivity index (χ0) is 17.4. The van der Waals surface area contributed by atoms with Gasteiger partial charge in [-0.2, -0.15) is 0 Å². The first kappa shape index (κ1) is 17.7. The van der Waals surface area contributed by atoms with Crippen molar-refractivity contribution in [2.24, 2.45) is 0 Å². The Kier molecular flexibility index (Phi) is 6.49. The molecule has 5 nitrogen and oxygen atoms in total. The van der Waals surface area contributed by atoms with Gasteiger partial charge in [-0.1, -0.05) is 12.1 Å². The molecule has 0 aliphatic heterocycles. The lowest BCUT2D eigenvalue weighted by atomic mass is 10.2. The molecule has 0 saturated heterocycles. The molecule has 1 unspecified atom stereocenters. The second-order valence-corrected chi connectivity index (χ2v) is 5.39. The highest BCUT2D eigenvalue weighted by atomic mass is 16.5. The largest absolute Gasteiger partial charge is 0.497 e. The van der Waals surface area contributed by atoms with Crippen molar-refractivity contribution in [2.45, 2.75) is 20.0 Å². The fourth-order valence-electron chi connectivity index (χ4n) is 2.11. The molecule has 24 heavy (non-hydrogen) atoms. The molecular formula is C19H23NO4. The molecule has 0 spiro atoms. The summed E-state index contributed by atoms with van der Waals surface area (Å²) in [6.07, 6.45) is -0.562. The Balaban J connectivity index is 1.70. The van der Waals surface area contributed by atoms with Crippen LogP contribution >= 0.6 is 0 Å². The zero-order valence-corrected chi connectivity index (χ0v) is 14.2. The van der Waals surface area contributed by atoms with Gasteiger partial charge in [-0.15, -0.1) is 0 Å². The van der Waals surface area contributed by atoms with E-state index < -0.39 is 6.10 Å². The second-order valence-electron chi connectivity index (χ2n) is 5.39. The third-order valence-corrected chi connectivity index (χ3v) is 3.40. The van der Waals surface area contributed by atoms with Gasteiger partial charge in [0.2, 0.25) is 0 Å². The van der Waals surface area contributed by atoms with Crippen LogP contribution in [0.1, 0.15) is 12.5 Å². The molecule has 1 atom stereocenters. The van der Waals surface area contributed by atoms with Crippen LogP contribution < -0.4 is 19.5 Å². The van der Waals surface area contributed by atoms with Gasteiger partial charge in [0.1, 0.15) is 23.9 Å². The smallest absolute Gasteiger partial charge is 0.260 e. The number of rotatable bonds is 8. The normalized spacial score (nSPS) is 11.5. The number of amides is 1. The van der Waals surface area contributed by atoms with Crippen LogP contribution in [-0.2, 0) is 4.79 Å². The van der Waals surface area contributed by atoms with Crippen molar-refractivity contribution >= 4 is 5.91 Å². The molecule has 2 aromatic carbocycles. The van der Waals surface area contributed by atoms with E-state index in [0.717, 1.165) is 17.1 Å². The summed E-state index contributed by atoms with van der Waals surface area (Å²) in [7, 11) is 1.62. The molecule has 0 heterocycles. The lowest BCUT2D eigenvalue weighted by Crippen LogP contribution is -2.38. The first-order chi connectivity index (χ1) is 11.6. The number of hydrogen-bond acceptors (Lipinski definition) is 4. The van der Waals surface area contributed by atoms with Gasteiger partial charge in [0.25, 0.3) is 5.91 Å². The van der Waals surface area contributed by atoms with E-state index in [0.29, 0.717) is 18.9 Å². The fourth-order valence-corrected chi connectivity index (χ4v) is 2.11. The third-order valence-electron chi connectivity index (χ3n) is 3.40. The van der Waals surface area contributed by atoms with E-state index in [1.165, 1.54) is 0 Å². The fraction of sp³-hybridized carbons (Fsp3) is 0.316. The molecule has 0 aromatic heterocycles. The zero-order valence-electron chi connectivity index (χ0n) is 14.2. The van der Waals surface area contributed by atoms with Crippen molar-refractivity contribution in [2.75, 3.05) is 20.3 Å². The predicted octanol–water partition coefficient (Wildman–Crippen LogP) is 2.97. The average Bonchev–Trinajstić information content (AvgIpc) is 2.59. The van der Waals surface area contributed by atoms with E-state index in [9.17, 15) is 4.79 Å². The third kappa shape index (κ3) is 5.50. The maximum Gasteiger partial charge on any atom is 0.260 e. The van der Waals surface area contributed by atoms with E-state index in [4.69, 9.17) is 14.2 Å². The van der Waals surface area contributed by atoms with Crippen molar-refractivity contribution in [3.63, 3.8) is 0 Å². The molecule has 5 heteroatoms. The number of carbonyl (C=O) groups excluding carboxylic acids is 1. The molecule has 128 valence electrons. The van der Waals surface area contributed by atoms with E-state index in [1.54, 1.807) is 14.0 Å². The van der Waals surface area contributed by atoms with Crippen LogP contribution in [0.4, 0.5) is 0 Å². The summed E-state index contributed by atoms with van der Waals surface area (Å²) in [5, 5.41) is 2.80. The van der Waals surface area contributed by atoms with Gasteiger partial charge in [-0.3, -0.25) is 4.79 Å². The molecule has 2 rings (SSSR count). The lowest BCUT2D eigenvalue weighted by molar-refractivity contribution is -0.127. The van der Waals surface area contributed by atoms with Crippen molar-refractivity contribution in [1.29, 1.82) is 0 Å². The number of hydrogen-bond donors (Lipinski definition) is 1. The molecule has 0 saturated carbocycles. The van der Waals surface area contributed by atoms with Gasteiger partial charge < -0.3 is 19.5 Å². The van der Waals surface area contributed by atoms with Crippen LogP contribution in [-0.4, -0.2) is 32.3 Å². The van der Waals surface area contributed by atoms with Crippen molar-refractivity contribution in [1.82, 2.24) is 5.32 Å². The monoisotopic (exact) mass is 329 g/mol. The first-order valence-corrected chi connectivity index (χ1v) is 7.86. The SMILES string of the molecule is COc1ccc(OCCNC(=O)C(C)Oc2cccc(C)c2)cc1. The highest BCUT2D eigenvalue weighted by molar-refractivity contribution is 5.80. The number of nitrogens with one attached hydrogen (secondary N) is 1. The van der Waals surface area contributed by atoms with E-state index in [-0.39, 0.29) is 5.91 Å². The summed E-state index contributed by atoms with van der Waals surface area (Å²) in [4.78, 5) is 12.0. The van der Waals surface area contributed by atoms with Gasteiger partial charge in [-0.25, -0.2) is 0 Å². The Morgan fingerprint density at radius 1 is 1.08 bits per heavy atom. The van der Waals surface area contributed by atoms with Gasteiger partial charge in [-0.05, 0) is 55.8 Å². The minimum absolute atomic E-state index is 0.171. The summed E-state index contributed by atoms with van der Waals surface area (Å²) in [5.41, 5.74) is 1.09. The minimum atomic E-state index is -0.562. The van der Waals surface area contributed by atoms with Crippen LogP contribution in [0.3, 0.4) is 0 Å². The van der Waals surface area contributed by atoms with Crippen LogP contribution in [0.2, 0.25) is 0 Å². The van der Waals surface area contributed by atoms with E-state index in [2.05, 4.69) is 5.32 Å². The summed E-state index contributed by atoms with van der Waals surface area (Å²) in [5.74, 6) is 2.02. The Morgan fingerprint density at radius 3 is 2.46 bits per heavy atom. The molecule has 1 N–H and O–H groups in total. The highest BCUT2D eigenvalue weighted by Gasteiger charge is 2.14. The Labute approximate surface area is 142 Å². The minimum Gasteiger partial charge on any atom is -0.497 e. The second kappa shape index (κ2) is 8.82. The van der Waals surface area contributed by atoms with Crippen LogP contribution in [0.5, 0.6) is 17.2 Å². The van der Waals surface area contributed by atoms with E-state index in [1.807, 2.05) is 55.5 Å². The molecule has 0 aliphatic carbocycles. The summed E-state index contributed by atoms with van der Waals surface area (Å²) < 4.78 is 16.3. The number of benzene rings is 2. The van der Waals surface area contributed by atoms with Crippen LogP contribution in [0.15, 0.2) is 48.5 Å². The molecule has 0 radical (unpaired) electrons. The van der Waals surface area contributed by atoms with Crippen molar-refractivity contribution < 1.29 is 19.0 Å². The van der Waals surface area contributed by atoms with Gasteiger partial charge in [0.15, 0.2) is 6.10 Å². The van der Waals surface area contributed by atoms with Gasteiger partial charge in [0.05, 0.1) is 13.7 Å². The number of methoxy groups -OCH3 is 1. The summed E-state index contributed by atoms with van der Waals surface area (Å²) in [6.45, 7) is 4.50. The highest BCUT2D eigenvalue weighted by Crippen LogP contribution is 2.17. The quantitative estimate of drug-likeness (QED) is 0.757. The lowest BCUT2D eigenvalue weighted by Gasteiger charge is -2.15. The molecule has 2 aromatic rings. The van der Waals surface area contributed by atoms with Crippen molar-refractivity contribution in [3.05, 3.63) is 54.1 Å². The van der Waals surface area contributed by atoms with Gasteiger partial charge in [0, 0.05) is 0 Å². The first-order valence-electron chi connectivity index (χ1n) is 7.86. The molecule has 0 bridgehead atoms. The Morgan fingerprint density at radius 2 is 1.79 bits per heavy atom. The van der Waals surface area contributed by atoms with E-state index >= 15 is 0 Å². The Bertz CT molecular complexity index is 655. The topological polar surface area (TPSA) is 56.8 Å².